The van der Waals surface area contributed by atoms with E-state index in [4.69, 9.17) is 18.9 Å². The summed E-state index contributed by atoms with van der Waals surface area (Å²) in [6.07, 6.45) is 0.792. The molecule has 0 rings (SSSR count). The Morgan fingerprint density at radius 1 is 1.14 bits per heavy atom. The molecule has 0 aromatic heterocycles. The molecule has 0 aliphatic carbocycles. The number of allylic oxidation sites excluding steroid dienone is 1. The van der Waals surface area contributed by atoms with E-state index in [1.54, 1.807) is 13.8 Å². The van der Waals surface area contributed by atoms with Crippen molar-refractivity contribution in [2.24, 2.45) is 5.41 Å². The maximum absolute atomic E-state index is 12.4. The lowest BCUT2D eigenvalue weighted by atomic mass is 9.80. The van der Waals surface area contributed by atoms with Crippen molar-refractivity contribution in [2.75, 3.05) is 27.4 Å². The summed E-state index contributed by atoms with van der Waals surface area (Å²) in [4.78, 5) is 24.7. The summed E-state index contributed by atoms with van der Waals surface area (Å²) in [5.74, 6) is -1.34. The van der Waals surface area contributed by atoms with Crippen LogP contribution in [0.25, 0.3) is 0 Å². The fraction of sp³-hybridized carbons (Fsp3) is 0.667. The van der Waals surface area contributed by atoms with Crippen LogP contribution in [-0.2, 0) is 28.5 Å². The highest BCUT2D eigenvalue weighted by atomic mass is 16.7. The second-order valence-electron chi connectivity index (χ2n) is 4.24. The maximum atomic E-state index is 12.4. The lowest BCUT2D eigenvalue weighted by Gasteiger charge is -2.30. The first-order valence-electron chi connectivity index (χ1n) is 6.76. The molecule has 0 spiro atoms. The first kappa shape index (κ1) is 19.4. The highest BCUT2D eigenvalue weighted by Crippen LogP contribution is 2.33. The number of carbonyl (C=O) groups is 2. The molecule has 120 valence electrons. The van der Waals surface area contributed by atoms with Gasteiger partial charge in [0.1, 0.15) is 0 Å². The second kappa shape index (κ2) is 10.2. The van der Waals surface area contributed by atoms with E-state index in [0.29, 0.717) is 0 Å². The molecule has 0 radical (unpaired) electrons. The third-order valence-electron chi connectivity index (χ3n) is 2.97. The first-order valence-corrected chi connectivity index (χ1v) is 6.76. The van der Waals surface area contributed by atoms with Gasteiger partial charge in [-0.2, -0.15) is 0 Å². The molecule has 0 N–H and O–H groups in total. The summed E-state index contributed by atoms with van der Waals surface area (Å²) in [6, 6.07) is 0. The van der Waals surface area contributed by atoms with E-state index in [0.717, 1.165) is 0 Å². The smallest absolute Gasteiger partial charge is 0.324 e. The van der Waals surface area contributed by atoms with Crippen LogP contribution in [0.2, 0.25) is 0 Å². The fourth-order valence-electron chi connectivity index (χ4n) is 1.83. The predicted octanol–water partition coefficient (Wildman–Crippen LogP) is 1.84. The largest absolute Gasteiger partial charge is 0.465 e. The molecule has 0 unspecified atom stereocenters. The first-order chi connectivity index (χ1) is 10.0. The summed E-state index contributed by atoms with van der Waals surface area (Å²) < 4.78 is 20.3. The van der Waals surface area contributed by atoms with Gasteiger partial charge in [0.05, 0.1) is 13.2 Å². The van der Waals surface area contributed by atoms with Crippen molar-refractivity contribution in [1.29, 1.82) is 0 Å². The van der Waals surface area contributed by atoms with Crippen LogP contribution < -0.4 is 0 Å². The van der Waals surface area contributed by atoms with Crippen LogP contribution >= 0.6 is 0 Å². The molecule has 6 nitrogen and oxygen atoms in total. The molecule has 21 heavy (non-hydrogen) atoms. The third-order valence-corrected chi connectivity index (χ3v) is 2.97. The molecule has 0 aliphatic rings. The molecular weight excluding hydrogens is 276 g/mol. The van der Waals surface area contributed by atoms with Crippen LogP contribution in [0.4, 0.5) is 0 Å². The van der Waals surface area contributed by atoms with Gasteiger partial charge < -0.3 is 18.9 Å². The van der Waals surface area contributed by atoms with Crippen molar-refractivity contribution in [3.05, 3.63) is 18.4 Å². The molecule has 0 aliphatic heterocycles. The van der Waals surface area contributed by atoms with E-state index in [9.17, 15) is 9.59 Å². The molecule has 0 saturated heterocycles. The van der Waals surface area contributed by atoms with Gasteiger partial charge in [0, 0.05) is 20.6 Å². The second-order valence-corrected chi connectivity index (χ2v) is 4.24. The predicted molar refractivity (Wildman–Crippen MR) is 76.4 cm³/mol. The Labute approximate surface area is 125 Å². The van der Waals surface area contributed by atoms with Crippen molar-refractivity contribution < 1.29 is 28.5 Å². The van der Waals surface area contributed by atoms with E-state index >= 15 is 0 Å². The molecule has 6 heteroatoms. The zero-order chi connectivity index (χ0) is 16.3. The van der Waals surface area contributed by atoms with Gasteiger partial charge in [-0.3, -0.25) is 9.59 Å². The van der Waals surface area contributed by atoms with E-state index in [-0.39, 0.29) is 26.1 Å². The van der Waals surface area contributed by atoms with Crippen molar-refractivity contribution in [1.82, 2.24) is 0 Å². The van der Waals surface area contributed by atoms with E-state index in [1.165, 1.54) is 20.3 Å². The minimum Gasteiger partial charge on any atom is -0.465 e. The van der Waals surface area contributed by atoms with Crippen LogP contribution in [0, 0.1) is 5.41 Å². The minimum absolute atomic E-state index is 0.0180. The van der Waals surface area contributed by atoms with Crippen molar-refractivity contribution >= 4 is 11.9 Å². The van der Waals surface area contributed by atoms with Gasteiger partial charge in [-0.1, -0.05) is 6.58 Å². The molecule has 0 heterocycles. The number of rotatable bonds is 10. The average molecular weight is 300 g/mol. The highest BCUT2D eigenvalue weighted by molar-refractivity contribution is 6.00. The zero-order valence-electron chi connectivity index (χ0n) is 13.1. The maximum Gasteiger partial charge on any atom is 0.324 e. The van der Waals surface area contributed by atoms with Gasteiger partial charge in [0.15, 0.2) is 11.7 Å². The zero-order valence-corrected chi connectivity index (χ0v) is 13.1. The Kier molecular flexibility index (Phi) is 9.37. The average Bonchev–Trinajstić information content (AvgIpc) is 2.48. The van der Waals surface area contributed by atoms with Gasteiger partial charge >= 0.3 is 11.9 Å². The number of hydrogen-bond donors (Lipinski definition) is 0. The van der Waals surface area contributed by atoms with Gasteiger partial charge in [0.25, 0.3) is 0 Å². The summed E-state index contributed by atoms with van der Waals surface area (Å²) >= 11 is 0. The quantitative estimate of drug-likeness (QED) is 0.265. The lowest BCUT2D eigenvalue weighted by Crippen LogP contribution is -2.45. The van der Waals surface area contributed by atoms with E-state index < -0.39 is 23.6 Å². The molecule has 0 bridgehead atoms. The topological polar surface area (TPSA) is 71.1 Å². The van der Waals surface area contributed by atoms with Crippen LogP contribution in [0.15, 0.2) is 18.4 Å². The Balaban J connectivity index is 5.62. The van der Waals surface area contributed by atoms with Crippen LogP contribution in [-0.4, -0.2) is 45.7 Å². The van der Waals surface area contributed by atoms with Gasteiger partial charge in [-0.05, 0) is 26.3 Å². The minimum atomic E-state index is -1.53. The molecular formula is C15H24O6. The summed E-state index contributed by atoms with van der Waals surface area (Å²) in [5, 5.41) is 0. The number of ether oxygens (including phenoxy) is 4. The van der Waals surface area contributed by atoms with Crippen molar-refractivity contribution in [3.63, 3.8) is 0 Å². The number of carbonyl (C=O) groups excluding carboxylic acids is 2. The summed E-state index contributed by atoms with van der Waals surface area (Å²) in [5.41, 5.74) is 1.02. The van der Waals surface area contributed by atoms with Crippen LogP contribution in [0.1, 0.15) is 26.7 Å². The standard InChI is InChI=1S/C15H24O6/c1-6-9-10-15(13(16)20-7-2,14(17)21-8-3)11-12(18-4)19-5/h9,12H,1,7-8,10-11H2,2-5H3. The van der Waals surface area contributed by atoms with Crippen molar-refractivity contribution in [2.45, 2.75) is 33.0 Å². The Hall–Kier alpha value is -1.62. The Morgan fingerprint density at radius 3 is 1.95 bits per heavy atom. The normalized spacial score (nSPS) is 10.9. The molecule has 0 aromatic rings. The number of esters is 2. The summed E-state index contributed by atoms with van der Waals surface area (Å²) in [6.45, 7) is 7.09. The number of methoxy groups -OCH3 is 2. The SMILES string of the molecule is C=C=CCC(CC(OC)OC)(C(=O)OCC)C(=O)OCC. The number of hydrogen-bond acceptors (Lipinski definition) is 6. The van der Waals surface area contributed by atoms with Crippen molar-refractivity contribution in [3.8, 4) is 0 Å². The molecule has 0 amide bonds. The molecule has 0 fully saturated rings. The Bertz CT molecular complexity index is 362. The van der Waals surface area contributed by atoms with Gasteiger partial charge in [-0.15, -0.1) is 5.73 Å². The monoisotopic (exact) mass is 300 g/mol. The van der Waals surface area contributed by atoms with E-state index in [1.807, 2.05) is 0 Å². The van der Waals surface area contributed by atoms with Gasteiger partial charge in [-0.25, -0.2) is 0 Å². The molecule has 0 aromatic carbocycles. The molecule has 0 saturated carbocycles. The van der Waals surface area contributed by atoms with Crippen LogP contribution in [0.5, 0.6) is 0 Å². The van der Waals surface area contributed by atoms with E-state index in [2.05, 4.69) is 12.3 Å². The highest BCUT2D eigenvalue weighted by Gasteiger charge is 2.49. The van der Waals surface area contributed by atoms with Crippen LogP contribution in [0.3, 0.4) is 0 Å². The molecule has 0 atom stereocenters. The fourth-order valence-corrected chi connectivity index (χ4v) is 1.83. The van der Waals surface area contributed by atoms with Gasteiger partial charge in [0.2, 0.25) is 0 Å². The Morgan fingerprint density at radius 2 is 1.62 bits per heavy atom. The lowest BCUT2D eigenvalue weighted by molar-refractivity contribution is -0.184. The summed E-state index contributed by atoms with van der Waals surface area (Å²) in [7, 11) is 2.86. The third kappa shape index (κ3) is 5.34.